The molecular weight excluding hydrogens is 394 g/mol. The molecule has 3 N–H and O–H groups in total. The Balaban J connectivity index is 2.10. The number of aryl methyl sites for hydroxylation is 1. The average molecular weight is 424 g/mol. The van der Waals surface area contributed by atoms with Crippen LogP contribution in [0.4, 0.5) is 11.4 Å². The van der Waals surface area contributed by atoms with Crippen LogP contribution in [0, 0.1) is 12.3 Å². The molecular formula is C22H29N7O2. The molecule has 9 nitrogen and oxygen atoms in total. The minimum atomic E-state index is 0.205. The van der Waals surface area contributed by atoms with Crippen molar-refractivity contribution in [3.05, 3.63) is 41.8 Å². The van der Waals surface area contributed by atoms with Gasteiger partial charge in [-0.2, -0.15) is 4.98 Å². The maximum atomic E-state index is 8.35. The minimum absolute atomic E-state index is 0.205. The van der Waals surface area contributed by atoms with Gasteiger partial charge in [0.25, 0.3) is 0 Å². The van der Waals surface area contributed by atoms with E-state index in [1.165, 1.54) is 0 Å². The molecule has 0 amide bonds. The van der Waals surface area contributed by atoms with Crippen LogP contribution in [0.3, 0.4) is 0 Å². The van der Waals surface area contributed by atoms with E-state index in [9.17, 15) is 0 Å². The minimum Gasteiger partial charge on any atom is -0.477 e. The highest BCUT2D eigenvalue weighted by Crippen LogP contribution is 2.34. The van der Waals surface area contributed by atoms with Gasteiger partial charge < -0.3 is 25.3 Å². The molecule has 1 unspecified atom stereocenters. The maximum Gasteiger partial charge on any atom is 0.223 e. The number of nitrogens with zero attached hydrogens (tertiary/aromatic N) is 4. The normalized spacial score (nSPS) is 11.8. The second-order valence-electron chi connectivity index (χ2n) is 7.23. The lowest BCUT2D eigenvalue weighted by Gasteiger charge is -2.21. The van der Waals surface area contributed by atoms with E-state index in [2.05, 4.69) is 39.6 Å². The fraction of sp³-hybridized carbons (Fsp3) is 0.409. The number of pyridine rings is 2. The van der Waals surface area contributed by atoms with E-state index < -0.39 is 0 Å². The lowest BCUT2D eigenvalue weighted by atomic mass is 10.1. The van der Waals surface area contributed by atoms with Gasteiger partial charge in [-0.25, -0.2) is 9.97 Å². The summed E-state index contributed by atoms with van der Waals surface area (Å²) in [5, 5.41) is 19.2. The largest absolute Gasteiger partial charge is 0.477 e. The molecule has 0 bridgehead atoms. The molecule has 3 aromatic heterocycles. The second kappa shape index (κ2) is 10.0. The fourth-order valence-electron chi connectivity index (χ4n) is 3.01. The van der Waals surface area contributed by atoms with Crippen molar-refractivity contribution in [3.63, 3.8) is 0 Å². The van der Waals surface area contributed by atoms with Gasteiger partial charge in [0.1, 0.15) is 5.69 Å². The molecule has 9 heteroatoms. The third-order valence-corrected chi connectivity index (χ3v) is 4.71. The number of ether oxygens (including phenoxy) is 1. The van der Waals surface area contributed by atoms with Crippen molar-refractivity contribution in [1.82, 2.24) is 20.1 Å². The van der Waals surface area contributed by atoms with Crippen molar-refractivity contribution >= 4 is 17.1 Å². The van der Waals surface area contributed by atoms with E-state index in [-0.39, 0.29) is 6.04 Å². The third kappa shape index (κ3) is 5.36. The van der Waals surface area contributed by atoms with Crippen LogP contribution >= 0.6 is 0 Å². The molecule has 0 spiro atoms. The highest BCUT2D eigenvalue weighted by molar-refractivity contribution is 6.03. The molecule has 0 radical (unpaired) electrons. The SMILES string of the molecule is CCOc1ncccc1-c1cc(NCc2noc(C)n2)c(NC(C)CC)c(C(C)=N)n1. The summed E-state index contributed by atoms with van der Waals surface area (Å²) in [7, 11) is 0. The van der Waals surface area contributed by atoms with Crippen LogP contribution in [0.2, 0.25) is 0 Å². The zero-order valence-electron chi connectivity index (χ0n) is 18.6. The number of anilines is 2. The summed E-state index contributed by atoms with van der Waals surface area (Å²) in [6.45, 7) is 10.5. The van der Waals surface area contributed by atoms with Gasteiger partial charge in [0.2, 0.25) is 11.8 Å². The molecule has 3 aromatic rings. The van der Waals surface area contributed by atoms with Crippen LogP contribution in [0.5, 0.6) is 5.88 Å². The van der Waals surface area contributed by atoms with Gasteiger partial charge in [0, 0.05) is 19.2 Å². The third-order valence-electron chi connectivity index (χ3n) is 4.71. The number of rotatable bonds is 10. The van der Waals surface area contributed by atoms with Gasteiger partial charge in [-0.3, -0.25) is 0 Å². The van der Waals surface area contributed by atoms with Crippen LogP contribution in [-0.2, 0) is 6.54 Å². The first kappa shape index (κ1) is 22.2. The fourth-order valence-corrected chi connectivity index (χ4v) is 3.01. The van der Waals surface area contributed by atoms with Crippen molar-refractivity contribution in [2.75, 3.05) is 17.2 Å². The summed E-state index contributed by atoms with van der Waals surface area (Å²) in [4.78, 5) is 13.4. The van der Waals surface area contributed by atoms with E-state index in [4.69, 9.17) is 19.7 Å². The van der Waals surface area contributed by atoms with Crippen LogP contribution in [0.15, 0.2) is 28.9 Å². The molecule has 0 aliphatic carbocycles. The Bertz CT molecular complexity index is 1050. The van der Waals surface area contributed by atoms with Crippen molar-refractivity contribution in [1.29, 1.82) is 5.41 Å². The molecule has 0 aliphatic rings. The number of hydrogen-bond acceptors (Lipinski definition) is 9. The van der Waals surface area contributed by atoms with Crippen molar-refractivity contribution < 1.29 is 9.26 Å². The lowest BCUT2D eigenvalue weighted by molar-refractivity contribution is 0.328. The van der Waals surface area contributed by atoms with E-state index in [1.54, 1.807) is 20.0 Å². The Labute approximate surface area is 182 Å². The van der Waals surface area contributed by atoms with Gasteiger partial charge >= 0.3 is 0 Å². The quantitative estimate of drug-likeness (QED) is 0.409. The summed E-state index contributed by atoms with van der Waals surface area (Å²) in [6, 6.07) is 5.90. The van der Waals surface area contributed by atoms with Gasteiger partial charge in [-0.1, -0.05) is 12.1 Å². The van der Waals surface area contributed by atoms with Crippen LogP contribution in [-0.4, -0.2) is 38.5 Å². The molecule has 0 saturated heterocycles. The predicted octanol–water partition coefficient (Wildman–Crippen LogP) is 4.44. The van der Waals surface area contributed by atoms with E-state index in [1.807, 2.05) is 25.1 Å². The Hall–Kier alpha value is -3.49. The topological polar surface area (TPSA) is 122 Å². The van der Waals surface area contributed by atoms with Gasteiger partial charge in [-0.15, -0.1) is 0 Å². The first-order valence-corrected chi connectivity index (χ1v) is 10.4. The Kier molecular flexibility index (Phi) is 7.17. The highest BCUT2D eigenvalue weighted by atomic mass is 16.5. The summed E-state index contributed by atoms with van der Waals surface area (Å²) in [5.74, 6) is 1.57. The van der Waals surface area contributed by atoms with Crippen LogP contribution in [0.1, 0.15) is 51.5 Å². The molecule has 1 atom stereocenters. The van der Waals surface area contributed by atoms with Gasteiger partial charge in [0.05, 0.1) is 41.5 Å². The van der Waals surface area contributed by atoms with Crippen LogP contribution < -0.4 is 15.4 Å². The molecule has 0 aliphatic heterocycles. The molecule has 0 saturated carbocycles. The van der Waals surface area contributed by atoms with Crippen molar-refractivity contribution in [2.24, 2.45) is 0 Å². The van der Waals surface area contributed by atoms with Gasteiger partial charge in [-0.05, 0) is 45.4 Å². The lowest BCUT2D eigenvalue weighted by Crippen LogP contribution is -2.19. The first-order chi connectivity index (χ1) is 14.9. The molecule has 31 heavy (non-hydrogen) atoms. The Morgan fingerprint density at radius 1 is 1.29 bits per heavy atom. The molecule has 3 heterocycles. The van der Waals surface area contributed by atoms with E-state index >= 15 is 0 Å². The summed E-state index contributed by atoms with van der Waals surface area (Å²) < 4.78 is 10.8. The molecule has 0 aromatic carbocycles. The molecule has 164 valence electrons. The second-order valence-corrected chi connectivity index (χ2v) is 7.23. The number of hydrogen-bond donors (Lipinski definition) is 3. The smallest absolute Gasteiger partial charge is 0.223 e. The average Bonchev–Trinajstić information content (AvgIpc) is 3.18. The summed E-state index contributed by atoms with van der Waals surface area (Å²) in [5.41, 5.74) is 3.91. The van der Waals surface area contributed by atoms with E-state index in [0.29, 0.717) is 47.8 Å². The Morgan fingerprint density at radius 2 is 2.10 bits per heavy atom. The maximum absolute atomic E-state index is 8.35. The number of aromatic nitrogens is 4. The van der Waals surface area contributed by atoms with Crippen LogP contribution in [0.25, 0.3) is 11.3 Å². The predicted molar refractivity (Wildman–Crippen MR) is 121 cm³/mol. The summed E-state index contributed by atoms with van der Waals surface area (Å²) in [6.07, 6.45) is 2.62. The molecule has 3 rings (SSSR count). The summed E-state index contributed by atoms with van der Waals surface area (Å²) >= 11 is 0. The highest BCUT2D eigenvalue weighted by Gasteiger charge is 2.19. The van der Waals surface area contributed by atoms with E-state index in [0.717, 1.165) is 23.4 Å². The number of nitrogens with one attached hydrogen (secondary N) is 3. The zero-order valence-corrected chi connectivity index (χ0v) is 18.6. The monoisotopic (exact) mass is 423 g/mol. The zero-order chi connectivity index (χ0) is 22.4. The van der Waals surface area contributed by atoms with Gasteiger partial charge in [0.15, 0.2) is 5.82 Å². The van der Waals surface area contributed by atoms with Crippen molar-refractivity contribution in [3.8, 4) is 17.1 Å². The standard InChI is InChI=1S/C22H29N7O2/c1-6-13(3)26-21-18(25-12-19-27-15(5)31-29-19)11-17(28-20(21)14(4)23)16-9-8-10-24-22(16)30-7-2/h8-11,13,23,26H,6-7,12H2,1-5H3,(H,25,28). The molecule has 0 fully saturated rings. The van der Waals surface area contributed by atoms with Crippen molar-refractivity contribution in [2.45, 2.75) is 53.6 Å². The Morgan fingerprint density at radius 3 is 2.74 bits per heavy atom. The first-order valence-electron chi connectivity index (χ1n) is 10.4.